The molecular weight excluding hydrogens is 210 g/mol. The SMILES string of the molecule is NC1CCCCCC1C(=O)Cc1ccccc1. The van der Waals surface area contributed by atoms with E-state index in [1.165, 1.54) is 12.8 Å². The molecule has 17 heavy (non-hydrogen) atoms. The monoisotopic (exact) mass is 231 g/mol. The molecule has 1 aromatic rings. The van der Waals surface area contributed by atoms with Crippen molar-refractivity contribution >= 4 is 5.78 Å². The van der Waals surface area contributed by atoms with Gasteiger partial charge in [0.05, 0.1) is 0 Å². The first-order valence-electron chi connectivity index (χ1n) is 6.59. The van der Waals surface area contributed by atoms with E-state index in [9.17, 15) is 4.79 Å². The highest BCUT2D eigenvalue weighted by Gasteiger charge is 2.26. The largest absolute Gasteiger partial charge is 0.327 e. The number of hydrogen-bond donors (Lipinski definition) is 1. The summed E-state index contributed by atoms with van der Waals surface area (Å²) in [5.74, 6) is 0.406. The minimum Gasteiger partial charge on any atom is -0.327 e. The molecule has 1 saturated carbocycles. The number of carbonyl (C=O) groups is 1. The van der Waals surface area contributed by atoms with Gasteiger partial charge in [0.15, 0.2) is 0 Å². The number of rotatable bonds is 3. The normalized spacial score (nSPS) is 25.2. The van der Waals surface area contributed by atoms with Crippen molar-refractivity contribution in [1.82, 2.24) is 0 Å². The average molecular weight is 231 g/mol. The molecule has 0 spiro atoms. The smallest absolute Gasteiger partial charge is 0.141 e. The predicted molar refractivity (Wildman–Crippen MR) is 69.7 cm³/mol. The van der Waals surface area contributed by atoms with Crippen molar-refractivity contribution in [3.8, 4) is 0 Å². The summed E-state index contributed by atoms with van der Waals surface area (Å²) in [6.45, 7) is 0. The van der Waals surface area contributed by atoms with E-state index in [-0.39, 0.29) is 12.0 Å². The van der Waals surface area contributed by atoms with Gasteiger partial charge in [-0.3, -0.25) is 4.79 Å². The highest BCUT2D eigenvalue weighted by Crippen LogP contribution is 2.24. The third kappa shape index (κ3) is 3.40. The summed E-state index contributed by atoms with van der Waals surface area (Å²) >= 11 is 0. The minimum absolute atomic E-state index is 0.0775. The minimum atomic E-state index is 0.0775. The van der Waals surface area contributed by atoms with Crippen LogP contribution in [-0.2, 0) is 11.2 Å². The molecule has 2 N–H and O–H groups in total. The Morgan fingerprint density at radius 3 is 2.59 bits per heavy atom. The lowest BCUT2D eigenvalue weighted by molar-refractivity contribution is -0.123. The molecule has 2 heteroatoms. The van der Waals surface area contributed by atoms with Crippen LogP contribution in [0.2, 0.25) is 0 Å². The predicted octanol–water partition coefficient (Wildman–Crippen LogP) is 2.71. The molecule has 0 aromatic heterocycles. The maximum atomic E-state index is 12.3. The number of nitrogens with two attached hydrogens (primary N) is 1. The number of benzene rings is 1. The van der Waals surface area contributed by atoms with Gasteiger partial charge in [-0.05, 0) is 18.4 Å². The molecule has 0 aliphatic heterocycles. The molecule has 1 aliphatic rings. The van der Waals surface area contributed by atoms with E-state index >= 15 is 0 Å². The highest BCUT2D eigenvalue weighted by atomic mass is 16.1. The van der Waals surface area contributed by atoms with E-state index in [4.69, 9.17) is 5.73 Å². The molecule has 1 aliphatic carbocycles. The molecule has 0 bridgehead atoms. The second kappa shape index (κ2) is 5.97. The molecule has 0 amide bonds. The van der Waals surface area contributed by atoms with Gasteiger partial charge in [0, 0.05) is 18.4 Å². The van der Waals surface area contributed by atoms with Crippen LogP contribution >= 0.6 is 0 Å². The van der Waals surface area contributed by atoms with Crippen LogP contribution in [-0.4, -0.2) is 11.8 Å². The van der Waals surface area contributed by atoms with Crippen LogP contribution < -0.4 is 5.73 Å². The second-order valence-corrected chi connectivity index (χ2v) is 5.04. The average Bonchev–Trinajstić information content (AvgIpc) is 2.55. The number of carbonyl (C=O) groups excluding carboxylic acids is 1. The van der Waals surface area contributed by atoms with Gasteiger partial charge in [0.1, 0.15) is 5.78 Å². The van der Waals surface area contributed by atoms with Crippen LogP contribution in [0.25, 0.3) is 0 Å². The van der Waals surface area contributed by atoms with Crippen LogP contribution in [0, 0.1) is 5.92 Å². The van der Waals surface area contributed by atoms with Crippen molar-refractivity contribution in [2.24, 2.45) is 11.7 Å². The fraction of sp³-hybridized carbons (Fsp3) is 0.533. The molecule has 2 rings (SSSR count). The second-order valence-electron chi connectivity index (χ2n) is 5.04. The molecule has 0 radical (unpaired) electrons. The summed E-state index contributed by atoms with van der Waals surface area (Å²) in [4.78, 5) is 12.3. The molecule has 92 valence electrons. The van der Waals surface area contributed by atoms with Crippen molar-refractivity contribution in [2.45, 2.75) is 44.6 Å². The third-order valence-corrected chi connectivity index (χ3v) is 3.70. The summed E-state index contributed by atoms with van der Waals surface area (Å²) in [5.41, 5.74) is 7.22. The summed E-state index contributed by atoms with van der Waals surface area (Å²) in [6.07, 6.45) is 6.08. The molecule has 2 unspecified atom stereocenters. The Kier molecular flexibility index (Phi) is 4.32. The zero-order valence-electron chi connectivity index (χ0n) is 10.3. The van der Waals surface area contributed by atoms with Crippen molar-refractivity contribution in [3.63, 3.8) is 0 Å². The summed E-state index contributed by atoms with van der Waals surface area (Å²) in [7, 11) is 0. The van der Waals surface area contributed by atoms with Crippen LogP contribution in [0.5, 0.6) is 0 Å². The van der Waals surface area contributed by atoms with Crippen LogP contribution in [0.4, 0.5) is 0 Å². The summed E-state index contributed by atoms with van der Waals surface area (Å²) < 4.78 is 0. The van der Waals surface area contributed by atoms with Crippen molar-refractivity contribution in [3.05, 3.63) is 35.9 Å². The Hall–Kier alpha value is -1.15. The van der Waals surface area contributed by atoms with Crippen molar-refractivity contribution < 1.29 is 4.79 Å². The first-order valence-corrected chi connectivity index (χ1v) is 6.59. The highest BCUT2D eigenvalue weighted by molar-refractivity contribution is 5.83. The zero-order valence-corrected chi connectivity index (χ0v) is 10.3. The number of Topliss-reactive ketones (excluding diaryl/α,β-unsaturated/α-hetero) is 1. The van der Waals surface area contributed by atoms with Gasteiger partial charge in [0.25, 0.3) is 0 Å². The van der Waals surface area contributed by atoms with Crippen molar-refractivity contribution in [1.29, 1.82) is 0 Å². The fourth-order valence-corrected chi connectivity index (χ4v) is 2.66. The van der Waals surface area contributed by atoms with E-state index in [0.29, 0.717) is 12.2 Å². The lowest BCUT2D eigenvalue weighted by Crippen LogP contribution is -2.35. The lowest BCUT2D eigenvalue weighted by Gasteiger charge is -2.19. The Morgan fingerprint density at radius 1 is 1.12 bits per heavy atom. The molecule has 2 atom stereocenters. The van der Waals surface area contributed by atoms with E-state index in [0.717, 1.165) is 24.8 Å². The van der Waals surface area contributed by atoms with Gasteiger partial charge < -0.3 is 5.73 Å². The zero-order chi connectivity index (χ0) is 12.1. The molecule has 0 heterocycles. The van der Waals surface area contributed by atoms with Crippen molar-refractivity contribution in [2.75, 3.05) is 0 Å². The molecule has 0 saturated heterocycles. The standard InChI is InChI=1S/C15H21NO/c16-14-10-6-2-5-9-13(14)15(17)11-12-7-3-1-4-8-12/h1,3-4,7-8,13-14H,2,5-6,9-11,16H2. The first kappa shape index (κ1) is 12.3. The Labute approximate surface area is 103 Å². The first-order chi connectivity index (χ1) is 8.27. The number of ketones is 1. The molecule has 1 fully saturated rings. The van der Waals surface area contributed by atoms with Gasteiger partial charge in [-0.2, -0.15) is 0 Å². The topological polar surface area (TPSA) is 43.1 Å². The maximum absolute atomic E-state index is 12.3. The Morgan fingerprint density at radius 2 is 1.82 bits per heavy atom. The summed E-state index contributed by atoms with van der Waals surface area (Å²) in [6, 6.07) is 10.0. The van der Waals surface area contributed by atoms with E-state index in [2.05, 4.69) is 0 Å². The lowest BCUT2D eigenvalue weighted by atomic mass is 9.88. The van der Waals surface area contributed by atoms with Gasteiger partial charge in [-0.25, -0.2) is 0 Å². The molecular formula is C15H21NO. The van der Waals surface area contributed by atoms with Gasteiger partial charge in [0.2, 0.25) is 0 Å². The third-order valence-electron chi connectivity index (χ3n) is 3.70. The Bertz CT molecular complexity index is 360. The van der Waals surface area contributed by atoms with E-state index in [1.54, 1.807) is 0 Å². The summed E-state index contributed by atoms with van der Waals surface area (Å²) in [5, 5.41) is 0. The number of hydrogen-bond acceptors (Lipinski definition) is 2. The maximum Gasteiger partial charge on any atom is 0.141 e. The van der Waals surface area contributed by atoms with Gasteiger partial charge in [-0.15, -0.1) is 0 Å². The van der Waals surface area contributed by atoms with E-state index < -0.39 is 0 Å². The van der Waals surface area contributed by atoms with Crippen LogP contribution in [0.1, 0.15) is 37.7 Å². The van der Waals surface area contributed by atoms with Gasteiger partial charge in [-0.1, -0.05) is 49.6 Å². The molecule has 1 aromatic carbocycles. The van der Waals surface area contributed by atoms with Crippen LogP contribution in [0.3, 0.4) is 0 Å². The molecule has 2 nitrogen and oxygen atoms in total. The van der Waals surface area contributed by atoms with Crippen LogP contribution in [0.15, 0.2) is 30.3 Å². The van der Waals surface area contributed by atoms with Gasteiger partial charge >= 0.3 is 0 Å². The quantitative estimate of drug-likeness (QED) is 0.813. The Balaban J connectivity index is 1.99. The van der Waals surface area contributed by atoms with E-state index in [1.807, 2.05) is 30.3 Å². The fourth-order valence-electron chi connectivity index (χ4n) is 2.66.